The van der Waals surface area contributed by atoms with E-state index >= 15 is 0 Å². The highest BCUT2D eigenvalue weighted by Gasteiger charge is 2.29. The van der Waals surface area contributed by atoms with Crippen molar-refractivity contribution in [1.82, 2.24) is 14.4 Å². The van der Waals surface area contributed by atoms with E-state index in [4.69, 9.17) is 4.74 Å². The highest BCUT2D eigenvalue weighted by molar-refractivity contribution is 5.83. The van der Waals surface area contributed by atoms with Crippen molar-refractivity contribution in [3.8, 4) is 5.75 Å². The minimum absolute atomic E-state index is 0.670. The summed E-state index contributed by atoms with van der Waals surface area (Å²) in [7, 11) is 3.92. The number of piperazine rings is 1. The Kier molecular flexibility index (Phi) is 5.88. The van der Waals surface area contributed by atoms with Gasteiger partial charge in [0, 0.05) is 69.5 Å². The summed E-state index contributed by atoms with van der Waals surface area (Å²) >= 11 is 0. The molecule has 1 aromatic heterocycles. The van der Waals surface area contributed by atoms with Crippen LogP contribution in [-0.4, -0.2) is 66.8 Å². The molecule has 2 aliphatic rings. The average Bonchev–Trinajstić information content (AvgIpc) is 3.14. The van der Waals surface area contributed by atoms with Crippen LogP contribution in [0.4, 0.5) is 5.69 Å². The number of nitrogens with zero attached hydrogens (tertiary/aromatic N) is 4. The first-order valence-electron chi connectivity index (χ1n) is 11.6. The van der Waals surface area contributed by atoms with Gasteiger partial charge in [0.2, 0.25) is 0 Å². The number of piperidine rings is 1. The number of fused-ring (bicyclic) bond motifs is 1. The van der Waals surface area contributed by atoms with Gasteiger partial charge in [0.25, 0.3) is 0 Å². The molecule has 0 saturated carbocycles. The molecule has 0 aliphatic carbocycles. The quantitative estimate of drug-likeness (QED) is 0.626. The van der Waals surface area contributed by atoms with E-state index in [2.05, 4.69) is 75.0 Å². The third-order valence-corrected chi connectivity index (χ3v) is 7.11. The van der Waals surface area contributed by atoms with Crippen LogP contribution >= 0.6 is 0 Å². The van der Waals surface area contributed by atoms with Crippen molar-refractivity contribution < 1.29 is 4.74 Å². The van der Waals surface area contributed by atoms with Crippen LogP contribution in [0.25, 0.3) is 10.9 Å². The summed E-state index contributed by atoms with van der Waals surface area (Å²) in [6.45, 7) is 7.84. The minimum Gasteiger partial charge on any atom is -0.495 e. The van der Waals surface area contributed by atoms with Gasteiger partial charge in [0.05, 0.1) is 12.8 Å². The number of hydrogen-bond acceptors (Lipinski definition) is 4. The van der Waals surface area contributed by atoms with Crippen molar-refractivity contribution in [2.75, 3.05) is 51.3 Å². The highest BCUT2D eigenvalue weighted by atomic mass is 16.5. The number of anilines is 1. The summed E-state index contributed by atoms with van der Waals surface area (Å²) < 4.78 is 7.85. The number of benzene rings is 2. The van der Waals surface area contributed by atoms with Crippen LogP contribution in [-0.2, 0) is 13.6 Å². The lowest BCUT2D eigenvalue weighted by atomic mass is 10.0. The second-order valence-electron chi connectivity index (χ2n) is 9.01. The highest BCUT2D eigenvalue weighted by Crippen LogP contribution is 2.29. The Labute approximate surface area is 185 Å². The van der Waals surface area contributed by atoms with Crippen LogP contribution in [0, 0.1) is 0 Å². The van der Waals surface area contributed by atoms with Gasteiger partial charge in [-0.2, -0.15) is 0 Å². The summed E-state index contributed by atoms with van der Waals surface area (Å²) in [4.78, 5) is 7.87. The molecule has 31 heavy (non-hydrogen) atoms. The smallest absolute Gasteiger partial charge is 0.142 e. The van der Waals surface area contributed by atoms with Crippen LogP contribution in [0.5, 0.6) is 5.75 Å². The molecule has 0 N–H and O–H groups in total. The fourth-order valence-corrected chi connectivity index (χ4v) is 5.48. The standard InChI is InChI=1S/C26H34N4O/c1-27-18-21(23-9-3-4-10-24(23)27)19-28-13-7-8-22(20-28)29-14-16-30(17-15-29)25-11-5-6-12-26(25)31-2/h3-6,9-12,18,22H,7-8,13-17,19-20H2,1-2H3. The van der Waals surface area contributed by atoms with Gasteiger partial charge >= 0.3 is 0 Å². The molecule has 3 heterocycles. The molecule has 1 atom stereocenters. The summed E-state index contributed by atoms with van der Waals surface area (Å²) in [6.07, 6.45) is 4.93. The third kappa shape index (κ3) is 4.17. The van der Waals surface area contributed by atoms with E-state index in [1.165, 1.54) is 48.1 Å². The largest absolute Gasteiger partial charge is 0.495 e. The lowest BCUT2D eigenvalue weighted by Crippen LogP contribution is -2.55. The molecule has 5 nitrogen and oxygen atoms in total. The zero-order valence-electron chi connectivity index (χ0n) is 18.8. The topological polar surface area (TPSA) is 23.9 Å². The van der Waals surface area contributed by atoms with Crippen molar-refractivity contribution in [2.24, 2.45) is 7.05 Å². The van der Waals surface area contributed by atoms with Gasteiger partial charge in [-0.05, 0) is 43.1 Å². The monoisotopic (exact) mass is 418 g/mol. The van der Waals surface area contributed by atoms with Gasteiger partial charge in [-0.15, -0.1) is 0 Å². The van der Waals surface area contributed by atoms with Gasteiger partial charge in [0.15, 0.2) is 0 Å². The first-order valence-corrected chi connectivity index (χ1v) is 11.6. The van der Waals surface area contributed by atoms with Crippen LogP contribution < -0.4 is 9.64 Å². The molecule has 0 spiro atoms. The average molecular weight is 419 g/mol. The number of hydrogen-bond donors (Lipinski definition) is 0. The normalized spacial score (nSPS) is 21.0. The van der Waals surface area contributed by atoms with Crippen LogP contribution in [0.2, 0.25) is 0 Å². The number of methoxy groups -OCH3 is 1. The van der Waals surface area contributed by atoms with Crippen molar-refractivity contribution in [1.29, 1.82) is 0 Å². The van der Waals surface area contributed by atoms with Crippen molar-refractivity contribution in [3.05, 3.63) is 60.3 Å². The number of rotatable bonds is 5. The first-order chi connectivity index (χ1) is 15.2. The number of ether oxygens (including phenoxy) is 1. The maximum Gasteiger partial charge on any atom is 0.142 e. The molecule has 0 bridgehead atoms. The fraction of sp³-hybridized carbons (Fsp3) is 0.462. The Bertz CT molecular complexity index is 1020. The molecule has 0 amide bonds. The van der Waals surface area contributed by atoms with E-state index in [-0.39, 0.29) is 0 Å². The SMILES string of the molecule is COc1ccccc1N1CCN(C2CCCN(Cc3cn(C)c4ccccc34)C2)CC1. The second kappa shape index (κ2) is 8.93. The molecule has 5 rings (SSSR count). The zero-order chi connectivity index (χ0) is 21.2. The van der Waals surface area contributed by atoms with Crippen LogP contribution in [0.15, 0.2) is 54.7 Å². The maximum atomic E-state index is 5.58. The lowest BCUT2D eigenvalue weighted by molar-refractivity contribution is 0.0889. The Hall–Kier alpha value is -2.50. The number of likely N-dealkylation sites (tertiary alicyclic amines) is 1. The van der Waals surface area contributed by atoms with E-state index in [0.717, 1.165) is 38.5 Å². The molecule has 1 unspecified atom stereocenters. The Morgan fingerprint density at radius 1 is 0.935 bits per heavy atom. The van der Waals surface area contributed by atoms with Gasteiger partial charge in [-0.1, -0.05) is 30.3 Å². The van der Waals surface area contributed by atoms with Crippen molar-refractivity contribution in [2.45, 2.75) is 25.4 Å². The Morgan fingerprint density at radius 3 is 2.55 bits per heavy atom. The fourth-order valence-electron chi connectivity index (χ4n) is 5.48. The lowest BCUT2D eigenvalue weighted by Gasteiger charge is -2.44. The number of aryl methyl sites for hydroxylation is 1. The summed E-state index contributed by atoms with van der Waals surface area (Å²) in [5.41, 5.74) is 4.02. The Morgan fingerprint density at radius 2 is 1.71 bits per heavy atom. The van der Waals surface area contributed by atoms with E-state index < -0.39 is 0 Å². The molecular formula is C26H34N4O. The van der Waals surface area contributed by atoms with Gasteiger partial charge in [-0.25, -0.2) is 0 Å². The molecule has 3 aromatic rings. The predicted molar refractivity (Wildman–Crippen MR) is 128 cm³/mol. The molecule has 2 aromatic carbocycles. The minimum atomic E-state index is 0.670. The molecule has 164 valence electrons. The van der Waals surface area contributed by atoms with Crippen LogP contribution in [0.1, 0.15) is 18.4 Å². The molecule has 0 radical (unpaired) electrons. The maximum absolute atomic E-state index is 5.58. The van der Waals surface area contributed by atoms with Gasteiger partial charge in [0.1, 0.15) is 5.75 Å². The molecule has 5 heteroatoms. The van der Waals surface area contributed by atoms with E-state index in [0.29, 0.717) is 6.04 Å². The van der Waals surface area contributed by atoms with Gasteiger partial charge < -0.3 is 14.2 Å². The number of para-hydroxylation sites is 3. The molecule has 2 saturated heterocycles. The summed E-state index contributed by atoms with van der Waals surface area (Å²) in [5, 5.41) is 1.40. The summed E-state index contributed by atoms with van der Waals surface area (Å²) in [5.74, 6) is 0.981. The van der Waals surface area contributed by atoms with Crippen LogP contribution in [0.3, 0.4) is 0 Å². The predicted octanol–water partition coefficient (Wildman–Crippen LogP) is 3.97. The first kappa shape index (κ1) is 20.4. The molecule has 2 aliphatic heterocycles. The summed E-state index contributed by atoms with van der Waals surface area (Å²) in [6, 6.07) is 17.8. The third-order valence-electron chi connectivity index (χ3n) is 7.11. The van der Waals surface area contributed by atoms with E-state index in [1.54, 1.807) is 7.11 Å². The number of aromatic nitrogens is 1. The van der Waals surface area contributed by atoms with Gasteiger partial charge in [-0.3, -0.25) is 9.80 Å². The van der Waals surface area contributed by atoms with Crippen molar-refractivity contribution in [3.63, 3.8) is 0 Å². The molecular weight excluding hydrogens is 384 g/mol. The Balaban J connectivity index is 1.21. The second-order valence-corrected chi connectivity index (χ2v) is 9.01. The van der Waals surface area contributed by atoms with E-state index in [9.17, 15) is 0 Å². The van der Waals surface area contributed by atoms with E-state index in [1.807, 2.05) is 6.07 Å². The molecule has 2 fully saturated rings. The zero-order valence-corrected chi connectivity index (χ0v) is 18.8. The van der Waals surface area contributed by atoms with Crippen molar-refractivity contribution >= 4 is 16.6 Å².